The molecule has 1 aliphatic heterocycles. The number of nitrogens with two attached hydrogens (primary N) is 1. The van der Waals surface area contributed by atoms with E-state index < -0.39 is 5.92 Å². The molecule has 0 aliphatic carbocycles. The van der Waals surface area contributed by atoms with Crippen molar-refractivity contribution in [3.8, 4) is 5.75 Å². The first-order valence-corrected chi connectivity index (χ1v) is 11.8. The molecule has 7 nitrogen and oxygen atoms in total. The number of amidine groups is 1. The standard InChI is InChI=1S/C25H27N3O4S.ClH/c1-2-31-25(30)21(13-20-12-17-11-16(24(26)27)5-9-22(17)33-20)15-3-7-19(8-4-15)32-14-18-6-10-23(29)28-18;/h3-5,7-9,11-12,18,21H,2,6,10,13-14H2,1H3,(H3,26,27)(H,28,29);1H/t18-,21?;/m0./s1. The lowest BCUT2D eigenvalue weighted by atomic mass is 9.94. The van der Waals surface area contributed by atoms with Crippen molar-refractivity contribution in [1.82, 2.24) is 5.32 Å². The Morgan fingerprint density at radius 3 is 2.65 bits per heavy atom. The van der Waals surface area contributed by atoms with Gasteiger partial charge in [0.15, 0.2) is 0 Å². The van der Waals surface area contributed by atoms with Crippen molar-refractivity contribution in [2.24, 2.45) is 5.73 Å². The second-order valence-electron chi connectivity index (χ2n) is 8.07. The summed E-state index contributed by atoms with van der Waals surface area (Å²) >= 11 is 1.62. The average Bonchev–Trinajstić information content (AvgIpc) is 3.41. The molecule has 4 rings (SSSR count). The maximum atomic E-state index is 12.8. The van der Waals surface area contributed by atoms with Gasteiger partial charge in [-0.05, 0) is 67.1 Å². The van der Waals surface area contributed by atoms with E-state index in [1.807, 2.05) is 48.5 Å². The van der Waals surface area contributed by atoms with Gasteiger partial charge in [0.25, 0.3) is 0 Å². The molecule has 1 aromatic heterocycles. The SMILES string of the molecule is CCOC(=O)C(Cc1cc2cc(C(=N)N)ccc2s1)c1ccc(OC[C@@H]2CCC(=O)N2)cc1.Cl. The van der Waals surface area contributed by atoms with Crippen LogP contribution in [-0.4, -0.2) is 37.0 Å². The summed E-state index contributed by atoms with van der Waals surface area (Å²) in [5, 5.41) is 11.5. The van der Waals surface area contributed by atoms with E-state index in [0.29, 0.717) is 37.4 Å². The van der Waals surface area contributed by atoms with E-state index >= 15 is 0 Å². The van der Waals surface area contributed by atoms with Gasteiger partial charge < -0.3 is 20.5 Å². The molecular formula is C25H28ClN3O4S. The molecule has 2 heterocycles. The number of esters is 1. The highest BCUT2D eigenvalue weighted by atomic mass is 35.5. The minimum Gasteiger partial charge on any atom is -0.491 e. The summed E-state index contributed by atoms with van der Waals surface area (Å²) in [5.41, 5.74) is 7.15. The fourth-order valence-corrected chi connectivity index (χ4v) is 5.03. The maximum absolute atomic E-state index is 12.8. The van der Waals surface area contributed by atoms with Crippen LogP contribution in [-0.2, 0) is 20.7 Å². The third kappa shape index (κ3) is 6.07. The lowest BCUT2D eigenvalue weighted by Gasteiger charge is -2.16. The van der Waals surface area contributed by atoms with Crippen LogP contribution in [0.5, 0.6) is 5.75 Å². The van der Waals surface area contributed by atoms with Gasteiger partial charge >= 0.3 is 5.97 Å². The summed E-state index contributed by atoms with van der Waals surface area (Å²) in [6.07, 6.45) is 1.84. The number of halogens is 1. The molecule has 1 unspecified atom stereocenters. The summed E-state index contributed by atoms with van der Waals surface area (Å²) in [5.74, 6) is 0.0953. The summed E-state index contributed by atoms with van der Waals surface area (Å²) < 4.78 is 12.3. The van der Waals surface area contributed by atoms with Crippen molar-refractivity contribution >= 4 is 51.5 Å². The number of amides is 1. The minimum atomic E-state index is -0.437. The lowest BCUT2D eigenvalue weighted by Crippen LogP contribution is -2.30. The highest BCUT2D eigenvalue weighted by molar-refractivity contribution is 7.19. The Bertz CT molecular complexity index is 1180. The van der Waals surface area contributed by atoms with E-state index in [-0.39, 0.29) is 36.2 Å². The number of hydrogen-bond donors (Lipinski definition) is 3. The third-order valence-corrected chi connectivity index (χ3v) is 6.81. The van der Waals surface area contributed by atoms with Crippen molar-refractivity contribution in [1.29, 1.82) is 5.41 Å². The number of nitrogen functional groups attached to an aromatic ring is 1. The molecule has 9 heteroatoms. The molecule has 34 heavy (non-hydrogen) atoms. The number of benzene rings is 2. The third-order valence-electron chi connectivity index (χ3n) is 5.67. The quantitative estimate of drug-likeness (QED) is 0.231. The van der Waals surface area contributed by atoms with Gasteiger partial charge in [-0.25, -0.2) is 0 Å². The monoisotopic (exact) mass is 501 g/mol. The number of nitrogens with one attached hydrogen (secondary N) is 2. The van der Waals surface area contributed by atoms with Gasteiger partial charge in [0.05, 0.1) is 18.6 Å². The maximum Gasteiger partial charge on any atom is 0.313 e. The summed E-state index contributed by atoms with van der Waals surface area (Å²) in [4.78, 5) is 25.2. The van der Waals surface area contributed by atoms with Gasteiger partial charge in [-0.1, -0.05) is 12.1 Å². The zero-order valence-corrected chi connectivity index (χ0v) is 20.5. The van der Waals surface area contributed by atoms with Gasteiger partial charge in [-0.2, -0.15) is 0 Å². The molecule has 0 saturated carbocycles. The molecule has 180 valence electrons. The average molecular weight is 502 g/mol. The zero-order valence-electron chi connectivity index (χ0n) is 18.8. The first-order valence-electron chi connectivity index (χ1n) is 11.0. The van der Waals surface area contributed by atoms with Crippen LogP contribution in [0.2, 0.25) is 0 Å². The largest absolute Gasteiger partial charge is 0.491 e. The van der Waals surface area contributed by atoms with Crippen LogP contribution in [0.25, 0.3) is 10.1 Å². The fraction of sp³-hybridized carbons (Fsp3) is 0.320. The first kappa shape index (κ1) is 25.5. The van der Waals surface area contributed by atoms with Crippen LogP contribution in [0.1, 0.15) is 41.7 Å². The molecule has 1 fully saturated rings. The van der Waals surface area contributed by atoms with E-state index in [0.717, 1.165) is 26.9 Å². The van der Waals surface area contributed by atoms with E-state index in [1.165, 1.54) is 0 Å². The number of carbonyl (C=O) groups is 2. The Morgan fingerprint density at radius 2 is 2.00 bits per heavy atom. The Morgan fingerprint density at radius 1 is 1.24 bits per heavy atom. The Labute approximate surface area is 208 Å². The Hall–Kier alpha value is -3.10. The van der Waals surface area contributed by atoms with Crippen LogP contribution in [0.4, 0.5) is 0 Å². The van der Waals surface area contributed by atoms with Gasteiger partial charge in [-0.3, -0.25) is 15.0 Å². The number of rotatable bonds is 9. The Balaban J connectivity index is 0.00000324. The summed E-state index contributed by atoms with van der Waals surface area (Å²) in [6, 6.07) is 15.3. The zero-order chi connectivity index (χ0) is 23.4. The van der Waals surface area contributed by atoms with E-state index in [9.17, 15) is 9.59 Å². The topological polar surface area (TPSA) is 114 Å². The van der Waals surface area contributed by atoms with E-state index in [2.05, 4.69) is 5.32 Å². The fourth-order valence-electron chi connectivity index (χ4n) is 3.94. The number of ether oxygens (including phenoxy) is 2. The highest BCUT2D eigenvalue weighted by Gasteiger charge is 2.24. The first-order chi connectivity index (χ1) is 15.9. The number of fused-ring (bicyclic) bond motifs is 1. The molecule has 0 bridgehead atoms. The molecule has 4 N–H and O–H groups in total. The second-order valence-corrected chi connectivity index (χ2v) is 9.24. The van der Waals surface area contributed by atoms with Gasteiger partial charge in [0, 0.05) is 21.6 Å². The molecule has 1 aliphatic rings. The van der Waals surface area contributed by atoms with Crippen LogP contribution in [0, 0.1) is 5.41 Å². The van der Waals surface area contributed by atoms with Crippen LogP contribution in [0.3, 0.4) is 0 Å². The van der Waals surface area contributed by atoms with Crippen molar-refractivity contribution in [3.05, 3.63) is 64.5 Å². The number of hydrogen-bond acceptors (Lipinski definition) is 6. The minimum absolute atomic E-state index is 0. The number of carbonyl (C=O) groups excluding carboxylic acids is 2. The van der Waals surface area contributed by atoms with Gasteiger partial charge in [0.2, 0.25) is 5.91 Å². The lowest BCUT2D eigenvalue weighted by molar-refractivity contribution is -0.144. The predicted molar refractivity (Wildman–Crippen MR) is 136 cm³/mol. The Kier molecular flexibility index (Phi) is 8.52. The van der Waals surface area contributed by atoms with Crippen molar-refractivity contribution in [3.63, 3.8) is 0 Å². The van der Waals surface area contributed by atoms with E-state index in [1.54, 1.807) is 18.3 Å². The normalized spacial score (nSPS) is 15.9. The van der Waals surface area contributed by atoms with Crippen LogP contribution < -0.4 is 15.8 Å². The van der Waals surface area contributed by atoms with Crippen molar-refractivity contribution < 1.29 is 19.1 Å². The highest BCUT2D eigenvalue weighted by Crippen LogP contribution is 2.32. The molecular weight excluding hydrogens is 474 g/mol. The van der Waals surface area contributed by atoms with Crippen LogP contribution >= 0.6 is 23.7 Å². The molecule has 3 aromatic rings. The molecule has 2 aromatic carbocycles. The molecule has 2 atom stereocenters. The smallest absolute Gasteiger partial charge is 0.313 e. The predicted octanol–water partition coefficient (Wildman–Crippen LogP) is 4.15. The van der Waals surface area contributed by atoms with E-state index in [4.69, 9.17) is 20.6 Å². The van der Waals surface area contributed by atoms with Gasteiger partial charge in [0.1, 0.15) is 18.2 Å². The molecule has 0 radical (unpaired) electrons. The van der Waals surface area contributed by atoms with Gasteiger partial charge in [-0.15, -0.1) is 23.7 Å². The van der Waals surface area contributed by atoms with Crippen molar-refractivity contribution in [2.75, 3.05) is 13.2 Å². The van der Waals surface area contributed by atoms with Crippen molar-refractivity contribution in [2.45, 2.75) is 38.1 Å². The number of thiophene rings is 1. The summed E-state index contributed by atoms with van der Waals surface area (Å²) in [7, 11) is 0. The second kappa shape index (κ2) is 11.4. The summed E-state index contributed by atoms with van der Waals surface area (Å²) in [6.45, 7) is 2.55. The van der Waals surface area contributed by atoms with Crippen LogP contribution in [0.15, 0.2) is 48.5 Å². The molecule has 0 spiro atoms. The molecule has 1 amide bonds. The molecule has 1 saturated heterocycles.